The quantitative estimate of drug-likeness (QED) is 0.549. The van der Waals surface area contributed by atoms with Crippen molar-refractivity contribution in [2.24, 2.45) is 5.92 Å². The van der Waals surface area contributed by atoms with Gasteiger partial charge in [0, 0.05) is 37.0 Å². The third-order valence-corrected chi connectivity index (χ3v) is 6.84. The van der Waals surface area contributed by atoms with Gasteiger partial charge in [-0.2, -0.15) is 0 Å². The van der Waals surface area contributed by atoms with E-state index >= 15 is 0 Å². The second kappa shape index (κ2) is 6.92. The summed E-state index contributed by atoms with van der Waals surface area (Å²) in [5.41, 5.74) is 2.88. The van der Waals surface area contributed by atoms with Crippen LogP contribution in [-0.4, -0.2) is 33.4 Å². The standard InChI is InChI=1S/C22H21Cl2N3O2/c1-29-17-8-6-16(7-9-17)26-12-14(10-20(26)28)21-25-18-4-2-3-5-19(18)27(21)13-15-11-22(15,23)24/h2-9,14-15H,10-13H2,1H3/t14-,15+/m0/s1. The topological polar surface area (TPSA) is 47.4 Å². The number of aromatic nitrogens is 2. The molecule has 29 heavy (non-hydrogen) atoms. The molecule has 7 heteroatoms. The Morgan fingerprint density at radius 3 is 2.59 bits per heavy atom. The minimum atomic E-state index is -0.650. The van der Waals surface area contributed by atoms with E-state index in [-0.39, 0.29) is 17.7 Å². The van der Waals surface area contributed by atoms with E-state index in [1.165, 1.54) is 0 Å². The van der Waals surface area contributed by atoms with E-state index in [9.17, 15) is 4.79 Å². The number of fused-ring (bicyclic) bond motifs is 1. The van der Waals surface area contributed by atoms with Crippen LogP contribution in [0.25, 0.3) is 11.0 Å². The molecule has 0 radical (unpaired) electrons. The van der Waals surface area contributed by atoms with E-state index in [0.29, 0.717) is 13.0 Å². The first-order valence-electron chi connectivity index (χ1n) is 9.73. The number of para-hydroxylation sites is 2. The minimum Gasteiger partial charge on any atom is -0.497 e. The number of imidazole rings is 1. The van der Waals surface area contributed by atoms with Crippen molar-refractivity contribution in [1.82, 2.24) is 9.55 Å². The van der Waals surface area contributed by atoms with Gasteiger partial charge in [-0.15, -0.1) is 23.2 Å². The maximum absolute atomic E-state index is 12.8. The van der Waals surface area contributed by atoms with Gasteiger partial charge >= 0.3 is 0 Å². The van der Waals surface area contributed by atoms with Crippen molar-refractivity contribution >= 4 is 45.8 Å². The molecule has 1 amide bonds. The Kier molecular flexibility index (Phi) is 4.48. The van der Waals surface area contributed by atoms with Crippen LogP contribution in [0.2, 0.25) is 0 Å². The van der Waals surface area contributed by atoms with Gasteiger partial charge in [-0.25, -0.2) is 4.98 Å². The molecule has 1 aromatic heterocycles. The van der Waals surface area contributed by atoms with Gasteiger partial charge in [0.25, 0.3) is 0 Å². The molecule has 1 aliphatic carbocycles. The number of hydrogen-bond acceptors (Lipinski definition) is 3. The maximum Gasteiger partial charge on any atom is 0.227 e. The summed E-state index contributed by atoms with van der Waals surface area (Å²) >= 11 is 12.6. The largest absolute Gasteiger partial charge is 0.497 e. The van der Waals surface area contributed by atoms with Crippen molar-refractivity contribution in [3.8, 4) is 5.75 Å². The average Bonchev–Trinajstić information content (AvgIpc) is 3.04. The zero-order chi connectivity index (χ0) is 20.2. The van der Waals surface area contributed by atoms with Crippen molar-refractivity contribution in [2.75, 3.05) is 18.6 Å². The summed E-state index contributed by atoms with van der Waals surface area (Å²) in [5, 5.41) is 0. The summed E-state index contributed by atoms with van der Waals surface area (Å²) in [6.07, 6.45) is 1.22. The molecule has 2 atom stereocenters. The molecule has 0 unspecified atom stereocenters. The van der Waals surface area contributed by atoms with Crippen LogP contribution in [0.1, 0.15) is 24.6 Å². The van der Waals surface area contributed by atoms with E-state index in [4.69, 9.17) is 32.9 Å². The molecule has 150 valence electrons. The lowest BCUT2D eigenvalue weighted by Gasteiger charge is -2.18. The van der Waals surface area contributed by atoms with Crippen LogP contribution in [-0.2, 0) is 11.3 Å². The predicted octanol–water partition coefficient (Wildman–Crippen LogP) is 4.76. The molecule has 0 bridgehead atoms. The van der Waals surface area contributed by atoms with Crippen molar-refractivity contribution in [2.45, 2.75) is 29.6 Å². The highest BCUT2D eigenvalue weighted by atomic mass is 35.5. The van der Waals surface area contributed by atoms with Gasteiger partial charge in [0.2, 0.25) is 5.91 Å². The summed E-state index contributed by atoms with van der Waals surface area (Å²) in [6.45, 7) is 1.32. The van der Waals surface area contributed by atoms with Gasteiger partial charge in [-0.3, -0.25) is 4.79 Å². The number of methoxy groups -OCH3 is 1. The van der Waals surface area contributed by atoms with Gasteiger partial charge in [0.05, 0.1) is 18.1 Å². The molecule has 5 rings (SSSR count). The molecule has 0 N–H and O–H groups in total. The highest BCUT2D eigenvalue weighted by Crippen LogP contribution is 2.54. The van der Waals surface area contributed by atoms with Crippen LogP contribution >= 0.6 is 23.2 Å². The number of amides is 1. The fourth-order valence-corrected chi connectivity index (χ4v) is 4.69. The number of ether oxygens (including phenoxy) is 1. The lowest BCUT2D eigenvalue weighted by Crippen LogP contribution is -2.24. The summed E-state index contributed by atoms with van der Waals surface area (Å²) in [4.78, 5) is 19.5. The van der Waals surface area contributed by atoms with Crippen molar-refractivity contribution in [1.29, 1.82) is 0 Å². The first kappa shape index (κ1) is 18.8. The highest BCUT2D eigenvalue weighted by molar-refractivity contribution is 6.50. The molecule has 2 heterocycles. The number of carbonyl (C=O) groups is 1. The molecular weight excluding hydrogens is 409 g/mol. The first-order valence-corrected chi connectivity index (χ1v) is 10.5. The molecular formula is C22H21Cl2N3O2. The monoisotopic (exact) mass is 429 g/mol. The van der Waals surface area contributed by atoms with Crippen molar-refractivity contribution < 1.29 is 9.53 Å². The number of alkyl halides is 2. The Morgan fingerprint density at radius 2 is 1.90 bits per heavy atom. The number of benzene rings is 2. The smallest absolute Gasteiger partial charge is 0.227 e. The molecule has 3 aromatic rings. The zero-order valence-electron chi connectivity index (χ0n) is 16.0. The molecule has 1 saturated heterocycles. The number of anilines is 1. The predicted molar refractivity (Wildman–Crippen MR) is 115 cm³/mol. The summed E-state index contributed by atoms with van der Waals surface area (Å²) < 4.78 is 6.78. The number of carbonyl (C=O) groups excluding carboxylic acids is 1. The minimum absolute atomic E-state index is 0.0239. The van der Waals surface area contributed by atoms with Gasteiger partial charge in [0.15, 0.2) is 0 Å². The lowest BCUT2D eigenvalue weighted by molar-refractivity contribution is -0.117. The third kappa shape index (κ3) is 3.36. The van der Waals surface area contributed by atoms with Gasteiger partial charge < -0.3 is 14.2 Å². The second-order valence-electron chi connectivity index (χ2n) is 7.83. The van der Waals surface area contributed by atoms with Crippen molar-refractivity contribution in [3.05, 3.63) is 54.4 Å². The molecule has 2 aromatic carbocycles. The Morgan fingerprint density at radius 1 is 1.17 bits per heavy atom. The van der Waals surface area contributed by atoms with Crippen LogP contribution in [0.3, 0.4) is 0 Å². The molecule has 1 aliphatic heterocycles. The molecule has 0 spiro atoms. The Bertz CT molecular complexity index is 1080. The van der Waals surface area contributed by atoms with E-state index in [1.54, 1.807) is 7.11 Å². The molecule has 5 nitrogen and oxygen atoms in total. The van der Waals surface area contributed by atoms with E-state index in [0.717, 1.165) is 41.3 Å². The molecule has 2 aliphatic rings. The number of halogens is 2. The van der Waals surface area contributed by atoms with E-state index in [1.807, 2.05) is 47.4 Å². The Labute approximate surface area is 179 Å². The second-order valence-corrected chi connectivity index (χ2v) is 9.38. The normalized spacial score (nSPS) is 23.0. The van der Waals surface area contributed by atoms with Crippen LogP contribution in [0.4, 0.5) is 5.69 Å². The Hall–Kier alpha value is -2.24. The number of hydrogen-bond donors (Lipinski definition) is 0. The SMILES string of the molecule is COc1ccc(N2C[C@@H](c3nc4ccccc4n3C[C@H]3CC3(Cl)Cl)CC2=O)cc1. The summed E-state index contributed by atoms with van der Waals surface area (Å²) in [5.74, 6) is 2.04. The van der Waals surface area contributed by atoms with Crippen LogP contribution < -0.4 is 9.64 Å². The number of nitrogens with zero attached hydrogens (tertiary/aromatic N) is 3. The zero-order valence-corrected chi connectivity index (χ0v) is 17.5. The first-order chi connectivity index (χ1) is 14.0. The molecule has 2 fully saturated rings. The number of rotatable bonds is 5. The van der Waals surface area contributed by atoms with E-state index < -0.39 is 4.33 Å². The maximum atomic E-state index is 12.8. The van der Waals surface area contributed by atoms with Gasteiger partial charge in [-0.1, -0.05) is 12.1 Å². The van der Waals surface area contributed by atoms with Gasteiger partial charge in [-0.05, 0) is 42.8 Å². The van der Waals surface area contributed by atoms with Crippen LogP contribution in [0, 0.1) is 5.92 Å². The Balaban J connectivity index is 1.46. The van der Waals surface area contributed by atoms with Crippen LogP contribution in [0.5, 0.6) is 5.75 Å². The highest BCUT2D eigenvalue weighted by Gasteiger charge is 2.52. The fraction of sp³-hybridized carbons (Fsp3) is 0.364. The fourth-order valence-electron chi connectivity index (χ4n) is 4.18. The molecule has 1 saturated carbocycles. The average molecular weight is 430 g/mol. The van der Waals surface area contributed by atoms with Crippen LogP contribution in [0.15, 0.2) is 48.5 Å². The van der Waals surface area contributed by atoms with Gasteiger partial charge in [0.1, 0.15) is 15.9 Å². The summed E-state index contributed by atoms with van der Waals surface area (Å²) in [6, 6.07) is 15.7. The lowest BCUT2D eigenvalue weighted by atomic mass is 10.1. The van der Waals surface area contributed by atoms with E-state index in [2.05, 4.69) is 10.6 Å². The summed E-state index contributed by atoms with van der Waals surface area (Å²) in [7, 11) is 1.63. The van der Waals surface area contributed by atoms with Crippen molar-refractivity contribution in [3.63, 3.8) is 0 Å². The third-order valence-electron chi connectivity index (χ3n) is 5.92.